The lowest BCUT2D eigenvalue weighted by Crippen LogP contribution is -2.44. The molecule has 20 heavy (non-hydrogen) atoms. The Morgan fingerprint density at radius 1 is 1.35 bits per heavy atom. The predicted molar refractivity (Wildman–Crippen MR) is 76.0 cm³/mol. The lowest BCUT2D eigenvalue weighted by Gasteiger charge is -2.32. The van der Waals surface area contributed by atoms with Gasteiger partial charge in [0, 0.05) is 24.4 Å². The molecule has 1 aromatic rings. The normalized spacial score (nSPS) is 26.3. The quantitative estimate of drug-likeness (QED) is 0.887. The molecule has 108 valence electrons. The number of carbonyl (C=O) groups is 1. The fourth-order valence-corrected chi connectivity index (χ4v) is 3.09. The highest BCUT2D eigenvalue weighted by Crippen LogP contribution is 2.32. The molecular formula is C16H21FN2O. The van der Waals surface area contributed by atoms with Gasteiger partial charge >= 0.3 is 0 Å². The third kappa shape index (κ3) is 2.85. The van der Waals surface area contributed by atoms with Crippen LogP contribution in [0.25, 0.3) is 0 Å². The summed E-state index contributed by atoms with van der Waals surface area (Å²) in [6.45, 7) is 3.58. The molecular weight excluding hydrogens is 255 g/mol. The van der Waals surface area contributed by atoms with Gasteiger partial charge in [-0.3, -0.25) is 4.79 Å². The Morgan fingerprint density at radius 3 is 2.85 bits per heavy atom. The Hall–Kier alpha value is -1.42. The molecule has 0 radical (unpaired) electrons. The molecule has 3 nitrogen and oxygen atoms in total. The van der Waals surface area contributed by atoms with Crippen molar-refractivity contribution in [1.82, 2.24) is 10.6 Å². The first-order valence-electron chi connectivity index (χ1n) is 7.42. The zero-order valence-electron chi connectivity index (χ0n) is 11.8. The van der Waals surface area contributed by atoms with Gasteiger partial charge in [-0.05, 0) is 56.0 Å². The van der Waals surface area contributed by atoms with Crippen LogP contribution in [0.15, 0.2) is 18.2 Å². The number of piperidine rings is 1. The monoisotopic (exact) mass is 276 g/mol. The lowest BCUT2D eigenvalue weighted by atomic mass is 9.79. The van der Waals surface area contributed by atoms with Crippen molar-refractivity contribution in [2.45, 2.75) is 38.1 Å². The standard InChI is InChI=1S/C16H21FN2O/c1-10-8-11(17)2-5-13(10)15-9-18-7-6-14(15)16(20)19-12-3-4-12/h2,5,8,12,14-15,18H,3-4,6-7,9H2,1H3,(H,19,20). The van der Waals surface area contributed by atoms with Gasteiger partial charge in [0.2, 0.25) is 5.91 Å². The summed E-state index contributed by atoms with van der Waals surface area (Å²) in [7, 11) is 0. The maximum atomic E-state index is 13.3. The van der Waals surface area contributed by atoms with Crippen molar-refractivity contribution in [2.24, 2.45) is 5.92 Å². The molecule has 1 heterocycles. The minimum Gasteiger partial charge on any atom is -0.353 e. The zero-order valence-corrected chi connectivity index (χ0v) is 11.8. The minimum atomic E-state index is -0.214. The van der Waals surface area contributed by atoms with E-state index >= 15 is 0 Å². The molecule has 0 aromatic heterocycles. The molecule has 1 aliphatic heterocycles. The summed E-state index contributed by atoms with van der Waals surface area (Å²) in [5.41, 5.74) is 2.03. The van der Waals surface area contributed by atoms with E-state index < -0.39 is 0 Å². The van der Waals surface area contributed by atoms with Crippen LogP contribution < -0.4 is 10.6 Å². The maximum Gasteiger partial charge on any atom is 0.224 e. The zero-order chi connectivity index (χ0) is 14.1. The fourth-order valence-electron chi connectivity index (χ4n) is 3.09. The molecule has 1 aliphatic carbocycles. The van der Waals surface area contributed by atoms with E-state index in [2.05, 4.69) is 10.6 Å². The van der Waals surface area contributed by atoms with Crippen LogP contribution >= 0.6 is 0 Å². The Bertz CT molecular complexity index is 513. The summed E-state index contributed by atoms with van der Waals surface area (Å²) < 4.78 is 13.3. The molecule has 1 saturated carbocycles. The lowest BCUT2D eigenvalue weighted by molar-refractivity contribution is -0.126. The van der Waals surface area contributed by atoms with Crippen LogP contribution in [0.1, 0.15) is 36.3 Å². The second kappa shape index (κ2) is 5.52. The van der Waals surface area contributed by atoms with E-state index in [1.54, 1.807) is 6.07 Å². The van der Waals surface area contributed by atoms with Gasteiger partial charge in [-0.25, -0.2) is 4.39 Å². The van der Waals surface area contributed by atoms with Crippen molar-refractivity contribution in [3.05, 3.63) is 35.1 Å². The summed E-state index contributed by atoms with van der Waals surface area (Å²) in [5, 5.41) is 6.47. The van der Waals surface area contributed by atoms with Crippen molar-refractivity contribution in [3.8, 4) is 0 Å². The van der Waals surface area contributed by atoms with E-state index in [0.717, 1.165) is 43.5 Å². The van der Waals surface area contributed by atoms with Crippen LogP contribution in [0.4, 0.5) is 4.39 Å². The van der Waals surface area contributed by atoms with Crippen LogP contribution in [-0.4, -0.2) is 25.0 Å². The van der Waals surface area contributed by atoms with E-state index in [9.17, 15) is 9.18 Å². The number of nitrogens with one attached hydrogen (secondary N) is 2. The topological polar surface area (TPSA) is 41.1 Å². The Labute approximate surface area is 118 Å². The van der Waals surface area contributed by atoms with E-state index in [-0.39, 0.29) is 23.6 Å². The number of benzene rings is 1. The molecule has 2 aliphatic rings. The van der Waals surface area contributed by atoms with Gasteiger partial charge in [-0.1, -0.05) is 6.07 Å². The largest absolute Gasteiger partial charge is 0.353 e. The Balaban J connectivity index is 1.81. The van der Waals surface area contributed by atoms with Crippen LogP contribution in [-0.2, 0) is 4.79 Å². The molecule has 0 spiro atoms. The first-order valence-corrected chi connectivity index (χ1v) is 7.42. The fraction of sp³-hybridized carbons (Fsp3) is 0.562. The van der Waals surface area contributed by atoms with Crippen LogP contribution in [0.3, 0.4) is 0 Å². The van der Waals surface area contributed by atoms with Gasteiger partial charge in [-0.2, -0.15) is 0 Å². The summed E-state index contributed by atoms with van der Waals surface area (Å²) >= 11 is 0. The van der Waals surface area contributed by atoms with Gasteiger partial charge in [0.1, 0.15) is 5.82 Å². The summed E-state index contributed by atoms with van der Waals surface area (Å²) in [5.74, 6) is 0.0980. The van der Waals surface area contributed by atoms with Gasteiger partial charge in [0.05, 0.1) is 0 Å². The SMILES string of the molecule is Cc1cc(F)ccc1C1CNCCC1C(=O)NC1CC1. The summed E-state index contributed by atoms with van der Waals surface area (Å²) in [6, 6.07) is 5.28. The van der Waals surface area contributed by atoms with Crippen molar-refractivity contribution in [3.63, 3.8) is 0 Å². The molecule has 2 N–H and O–H groups in total. The maximum absolute atomic E-state index is 13.3. The molecule has 3 rings (SSSR count). The summed E-state index contributed by atoms with van der Waals surface area (Å²) in [4.78, 5) is 12.4. The first-order chi connectivity index (χ1) is 9.65. The third-order valence-corrected chi connectivity index (χ3v) is 4.37. The molecule has 1 aromatic carbocycles. The number of aryl methyl sites for hydroxylation is 1. The van der Waals surface area contributed by atoms with Gasteiger partial charge in [-0.15, -0.1) is 0 Å². The average molecular weight is 276 g/mol. The average Bonchev–Trinajstić information content (AvgIpc) is 3.23. The molecule has 2 unspecified atom stereocenters. The first kappa shape index (κ1) is 13.6. The third-order valence-electron chi connectivity index (χ3n) is 4.37. The number of amides is 1. The van der Waals surface area contributed by atoms with Gasteiger partial charge in [0.25, 0.3) is 0 Å². The van der Waals surface area contributed by atoms with Crippen molar-refractivity contribution >= 4 is 5.91 Å². The Morgan fingerprint density at radius 2 is 2.15 bits per heavy atom. The second-order valence-electron chi connectivity index (χ2n) is 5.99. The van der Waals surface area contributed by atoms with E-state index in [4.69, 9.17) is 0 Å². The number of halogens is 1. The molecule has 2 fully saturated rings. The van der Waals surface area contributed by atoms with Crippen LogP contribution in [0, 0.1) is 18.7 Å². The molecule has 2 atom stereocenters. The van der Waals surface area contributed by atoms with Crippen LogP contribution in [0.2, 0.25) is 0 Å². The predicted octanol–water partition coefficient (Wildman–Crippen LogP) is 2.11. The molecule has 1 amide bonds. The highest BCUT2D eigenvalue weighted by Gasteiger charge is 2.35. The highest BCUT2D eigenvalue weighted by molar-refractivity contribution is 5.80. The van der Waals surface area contributed by atoms with E-state index in [0.29, 0.717) is 6.04 Å². The number of hydrogen-bond acceptors (Lipinski definition) is 2. The number of hydrogen-bond donors (Lipinski definition) is 2. The number of rotatable bonds is 3. The van der Waals surface area contributed by atoms with E-state index in [1.165, 1.54) is 6.07 Å². The van der Waals surface area contributed by atoms with Crippen molar-refractivity contribution < 1.29 is 9.18 Å². The molecule has 4 heteroatoms. The molecule has 0 bridgehead atoms. The smallest absolute Gasteiger partial charge is 0.224 e. The highest BCUT2D eigenvalue weighted by atomic mass is 19.1. The van der Waals surface area contributed by atoms with Gasteiger partial charge in [0.15, 0.2) is 0 Å². The molecule has 1 saturated heterocycles. The van der Waals surface area contributed by atoms with Crippen molar-refractivity contribution in [1.29, 1.82) is 0 Å². The van der Waals surface area contributed by atoms with E-state index in [1.807, 2.05) is 13.0 Å². The number of carbonyl (C=O) groups excluding carboxylic acids is 1. The minimum absolute atomic E-state index is 0.000936. The second-order valence-corrected chi connectivity index (χ2v) is 5.99. The van der Waals surface area contributed by atoms with Gasteiger partial charge < -0.3 is 10.6 Å². The van der Waals surface area contributed by atoms with Crippen molar-refractivity contribution in [2.75, 3.05) is 13.1 Å². The Kier molecular flexibility index (Phi) is 3.74. The van der Waals surface area contributed by atoms with Crippen LogP contribution in [0.5, 0.6) is 0 Å². The summed E-state index contributed by atoms with van der Waals surface area (Å²) in [6.07, 6.45) is 3.06.